The van der Waals surface area contributed by atoms with E-state index in [2.05, 4.69) is 24.5 Å². The summed E-state index contributed by atoms with van der Waals surface area (Å²) in [4.78, 5) is 30.7. The lowest BCUT2D eigenvalue weighted by Gasteiger charge is -2.51. The Morgan fingerprint density at radius 3 is 2.81 bits per heavy atom. The van der Waals surface area contributed by atoms with E-state index in [0.29, 0.717) is 17.6 Å². The maximum atomic E-state index is 12.4. The summed E-state index contributed by atoms with van der Waals surface area (Å²) in [5.74, 6) is 0.722. The topological polar surface area (TPSA) is 80.3 Å². The van der Waals surface area contributed by atoms with Crippen molar-refractivity contribution in [2.24, 2.45) is 23.2 Å². The molecule has 1 aliphatic heterocycles. The predicted octanol–water partition coefficient (Wildman–Crippen LogP) is 4.72. The molecule has 7 heteroatoms. The molecular formula is C24H29N3O3S. The van der Waals surface area contributed by atoms with Crippen molar-refractivity contribution >= 4 is 28.5 Å². The summed E-state index contributed by atoms with van der Waals surface area (Å²) in [5, 5.41) is 6.45. The minimum Gasteiger partial charge on any atom is -0.461 e. The van der Waals surface area contributed by atoms with Crippen molar-refractivity contribution in [3.8, 4) is 0 Å². The second-order valence-corrected chi connectivity index (χ2v) is 10.7. The number of esters is 1. The fraction of sp³-hybridized carbons (Fsp3) is 0.542. The minimum absolute atomic E-state index is 0.0101. The van der Waals surface area contributed by atoms with Gasteiger partial charge in [0, 0.05) is 29.2 Å². The highest BCUT2D eigenvalue weighted by molar-refractivity contribution is 7.15. The first-order valence-electron chi connectivity index (χ1n) is 11.1. The van der Waals surface area contributed by atoms with Crippen molar-refractivity contribution < 1.29 is 14.3 Å². The van der Waals surface area contributed by atoms with Crippen molar-refractivity contribution in [2.75, 3.05) is 5.32 Å². The van der Waals surface area contributed by atoms with E-state index >= 15 is 0 Å². The van der Waals surface area contributed by atoms with Crippen molar-refractivity contribution in [3.05, 3.63) is 46.5 Å². The van der Waals surface area contributed by atoms with Crippen LogP contribution in [0.5, 0.6) is 0 Å². The van der Waals surface area contributed by atoms with Crippen LogP contribution >= 0.6 is 11.3 Å². The van der Waals surface area contributed by atoms with E-state index in [1.54, 1.807) is 11.3 Å². The van der Waals surface area contributed by atoms with Gasteiger partial charge in [0.05, 0.1) is 11.6 Å². The van der Waals surface area contributed by atoms with Gasteiger partial charge in [-0.25, -0.2) is 9.78 Å². The average Bonchev–Trinajstić information content (AvgIpc) is 3.26. The molecule has 6 nitrogen and oxygen atoms in total. The molecule has 2 heterocycles. The molecule has 164 valence electrons. The Bertz CT molecular complexity index is 1010. The Hall–Kier alpha value is -2.41. The molecule has 1 saturated heterocycles. The molecule has 2 amide bonds. The van der Waals surface area contributed by atoms with Gasteiger partial charge in [-0.3, -0.25) is 10.1 Å². The third kappa shape index (κ3) is 3.53. The smallest absolute Gasteiger partial charge is 0.321 e. The van der Waals surface area contributed by atoms with Gasteiger partial charge in [0.1, 0.15) is 6.10 Å². The van der Waals surface area contributed by atoms with Crippen LogP contribution in [0.4, 0.5) is 9.93 Å². The molecule has 1 aromatic carbocycles. The molecular weight excluding hydrogens is 410 g/mol. The molecule has 0 spiro atoms. The van der Waals surface area contributed by atoms with Gasteiger partial charge in [-0.05, 0) is 30.2 Å². The lowest BCUT2D eigenvalue weighted by molar-refractivity contribution is -0.149. The van der Waals surface area contributed by atoms with E-state index in [4.69, 9.17) is 9.72 Å². The number of carbonyl (C=O) groups is 2. The van der Waals surface area contributed by atoms with Crippen LogP contribution in [0, 0.1) is 23.2 Å². The fourth-order valence-corrected chi connectivity index (χ4v) is 7.31. The third-order valence-electron chi connectivity index (χ3n) is 7.67. The molecule has 5 rings (SSSR count). The quantitative estimate of drug-likeness (QED) is 0.678. The SMILES string of the molecule is CC1C(=O)OC2C1CCC1(C)Cc3sc(NC(=O)NCc4ccccc4)nc3C(C)C21. The minimum atomic E-state index is -0.246. The van der Waals surface area contributed by atoms with E-state index in [1.807, 2.05) is 37.3 Å². The maximum Gasteiger partial charge on any atom is 0.321 e. The van der Waals surface area contributed by atoms with Gasteiger partial charge in [0.15, 0.2) is 5.13 Å². The Morgan fingerprint density at radius 2 is 2.03 bits per heavy atom. The molecule has 0 radical (unpaired) electrons. The van der Waals surface area contributed by atoms with Gasteiger partial charge in [-0.15, -0.1) is 11.3 Å². The molecule has 1 saturated carbocycles. The van der Waals surface area contributed by atoms with Crippen molar-refractivity contribution in [1.82, 2.24) is 10.3 Å². The fourth-order valence-electron chi connectivity index (χ4n) is 6.05. The number of ether oxygens (including phenoxy) is 1. The van der Waals surface area contributed by atoms with Gasteiger partial charge in [-0.2, -0.15) is 0 Å². The summed E-state index contributed by atoms with van der Waals surface area (Å²) in [6.45, 7) is 7.02. The summed E-state index contributed by atoms with van der Waals surface area (Å²) >= 11 is 1.58. The summed E-state index contributed by atoms with van der Waals surface area (Å²) in [6.07, 6.45) is 3.05. The number of hydrogen-bond acceptors (Lipinski definition) is 5. The van der Waals surface area contributed by atoms with E-state index in [0.717, 1.165) is 30.5 Å². The molecule has 0 bridgehead atoms. The monoisotopic (exact) mass is 439 g/mol. The first kappa shape index (κ1) is 20.5. The number of hydrogen-bond donors (Lipinski definition) is 2. The summed E-state index contributed by atoms with van der Waals surface area (Å²) < 4.78 is 5.90. The number of rotatable bonds is 3. The summed E-state index contributed by atoms with van der Waals surface area (Å²) in [5.41, 5.74) is 2.20. The van der Waals surface area contributed by atoms with E-state index in [-0.39, 0.29) is 41.3 Å². The van der Waals surface area contributed by atoms with Crippen LogP contribution in [0.1, 0.15) is 55.7 Å². The number of thiazole rings is 1. The summed E-state index contributed by atoms with van der Waals surface area (Å²) in [6, 6.07) is 9.59. The molecule has 31 heavy (non-hydrogen) atoms. The van der Waals surface area contributed by atoms with Crippen molar-refractivity contribution in [3.63, 3.8) is 0 Å². The highest BCUT2D eigenvalue weighted by Crippen LogP contribution is 2.59. The van der Waals surface area contributed by atoms with E-state index < -0.39 is 0 Å². The standard InChI is InChI=1S/C24H29N3O3S/c1-13-16-9-10-24(3)11-17-19(14(2)18(24)20(16)30-21(13)28)26-23(31-17)27-22(29)25-12-15-7-5-4-6-8-15/h4-8,13-14,16,18,20H,9-12H2,1-3H3,(H2,25,26,27,29). The van der Waals surface area contributed by atoms with E-state index in [1.165, 1.54) is 4.88 Å². The van der Waals surface area contributed by atoms with Gasteiger partial charge < -0.3 is 10.1 Å². The van der Waals surface area contributed by atoms with Crippen LogP contribution < -0.4 is 10.6 Å². The second-order valence-electron chi connectivity index (χ2n) is 9.66. The maximum absolute atomic E-state index is 12.4. The van der Waals surface area contributed by atoms with Crippen molar-refractivity contribution in [1.29, 1.82) is 0 Å². The number of fused-ring (bicyclic) bond motifs is 4. The Balaban J connectivity index is 1.32. The van der Waals surface area contributed by atoms with Crippen LogP contribution in [0.15, 0.2) is 30.3 Å². The van der Waals surface area contributed by atoms with Gasteiger partial charge in [0.25, 0.3) is 0 Å². The number of nitrogens with one attached hydrogen (secondary N) is 2. The first-order valence-corrected chi connectivity index (χ1v) is 12.0. The van der Waals surface area contributed by atoms with Crippen LogP contribution in [-0.4, -0.2) is 23.1 Å². The number of anilines is 1. The Labute approximate surface area is 186 Å². The molecule has 6 atom stereocenters. The number of amides is 2. The van der Waals surface area contributed by atoms with Gasteiger partial charge in [-0.1, -0.05) is 51.1 Å². The molecule has 6 unspecified atom stereocenters. The molecule has 2 N–H and O–H groups in total. The second kappa shape index (κ2) is 7.62. The highest BCUT2D eigenvalue weighted by atomic mass is 32.1. The highest BCUT2D eigenvalue weighted by Gasteiger charge is 2.58. The van der Waals surface area contributed by atoms with Gasteiger partial charge in [0.2, 0.25) is 0 Å². The number of nitrogens with zero attached hydrogens (tertiary/aromatic N) is 1. The number of urea groups is 1. The van der Waals surface area contributed by atoms with Crippen molar-refractivity contribution in [2.45, 2.75) is 58.6 Å². The largest absolute Gasteiger partial charge is 0.461 e. The molecule has 2 fully saturated rings. The summed E-state index contributed by atoms with van der Waals surface area (Å²) in [7, 11) is 0. The Kier molecular flexibility index (Phi) is 5.04. The molecule has 2 aliphatic carbocycles. The molecule has 1 aromatic heterocycles. The lowest BCUT2D eigenvalue weighted by Crippen LogP contribution is -2.50. The van der Waals surface area contributed by atoms with Crippen LogP contribution in [0.25, 0.3) is 0 Å². The number of aromatic nitrogens is 1. The third-order valence-corrected chi connectivity index (χ3v) is 8.66. The average molecular weight is 440 g/mol. The first-order chi connectivity index (χ1) is 14.9. The van der Waals surface area contributed by atoms with E-state index in [9.17, 15) is 9.59 Å². The molecule has 3 aliphatic rings. The van der Waals surface area contributed by atoms with Crippen LogP contribution in [0.3, 0.4) is 0 Å². The number of benzene rings is 1. The van der Waals surface area contributed by atoms with Crippen LogP contribution in [0.2, 0.25) is 0 Å². The van der Waals surface area contributed by atoms with Crippen LogP contribution in [-0.2, 0) is 22.5 Å². The zero-order valence-electron chi connectivity index (χ0n) is 18.2. The number of carbonyl (C=O) groups excluding carboxylic acids is 2. The zero-order valence-corrected chi connectivity index (χ0v) is 19.0. The lowest BCUT2D eigenvalue weighted by atomic mass is 9.54. The Morgan fingerprint density at radius 1 is 1.26 bits per heavy atom. The normalized spacial score (nSPS) is 33.6. The zero-order chi connectivity index (χ0) is 21.8. The predicted molar refractivity (Wildman–Crippen MR) is 120 cm³/mol. The molecule has 2 aromatic rings. The van der Waals surface area contributed by atoms with Gasteiger partial charge >= 0.3 is 12.0 Å².